The lowest BCUT2D eigenvalue weighted by molar-refractivity contribution is 0.157. The normalized spacial score (nSPS) is 11.6. The van der Waals surface area contributed by atoms with Crippen molar-refractivity contribution in [2.24, 2.45) is 11.7 Å². The van der Waals surface area contributed by atoms with Crippen molar-refractivity contribution in [1.82, 2.24) is 9.88 Å². The van der Waals surface area contributed by atoms with E-state index in [1.807, 2.05) is 12.1 Å². The highest BCUT2D eigenvalue weighted by Gasteiger charge is 2.17. The van der Waals surface area contributed by atoms with Gasteiger partial charge in [-0.25, -0.2) is 0 Å². The van der Waals surface area contributed by atoms with Crippen LogP contribution in [0.4, 0.5) is 0 Å². The summed E-state index contributed by atoms with van der Waals surface area (Å²) in [4.78, 5) is 6.66. The van der Waals surface area contributed by atoms with E-state index in [9.17, 15) is 0 Å². The maximum Gasteiger partial charge on any atom is 0.141 e. The SMILES string of the molecule is CCC(CC)N(Cc1ccnc(C(=N)N)c1)CC(C)C. The summed E-state index contributed by atoms with van der Waals surface area (Å²) in [5, 5.41) is 7.49. The fraction of sp³-hybridized carbons (Fsp3) is 0.625. The monoisotopic (exact) mass is 276 g/mol. The third-order valence-electron chi connectivity index (χ3n) is 3.54. The topological polar surface area (TPSA) is 66.0 Å². The number of aromatic nitrogens is 1. The molecule has 1 heterocycles. The molecular weight excluding hydrogens is 248 g/mol. The summed E-state index contributed by atoms with van der Waals surface area (Å²) in [6.07, 6.45) is 4.06. The molecule has 3 N–H and O–H groups in total. The van der Waals surface area contributed by atoms with E-state index in [0.717, 1.165) is 25.9 Å². The predicted octanol–water partition coefficient (Wildman–Crippen LogP) is 3.01. The summed E-state index contributed by atoms with van der Waals surface area (Å²) < 4.78 is 0. The minimum absolute atomic E-state index is 0.0322. The van der Waals surface area contributed by atoms with Crippen molar-refractivity contribution in [3.63, 3.8) is 0 Å². The van der Waals surface area contributed by atoms with Gasteiger partial charge in [0.25, 0.3) is 0 Å². The van der Waals surface area contributed by atoms with Gasteiger partial charge < -0.3 is 5.73 Å². The highest BCUT2D eigenvalue weighted by Crippen LogP contribution is 2.16. The van der Waals surface area contributed by atoms with E-state index in [4.69, 9.17) is 11.1 Å². The van der Waals surface area contributed by atoms with Crippen LogP contribution in [0, 0.1) is 11.3 Å². The first-order valence-corrected chi connectivity index (χ1v) is 7.51. The van der Waals surface area contributed by atoms with Crippen LogP contribution in [0.1, 0.15) is 51.8 Å². The Morgan fingerprint density at radius 2 is 2.00 bits per heavy atom. The van der Waals surface area contributed by atoms with E-state index in [-0.39, 0.29) is 5.84 Å². The predicted molar refractivity (Wildman–Crippen MR) is 84.9 cm³/mol. The second kappa shape index (κ2) is 8.00. The Labute approximate surface area is 122 Å². The Hall–Kier alpha value is -1.42. The van der Waals surface area contributed by atoms with Gasteiger partial charge in [-0.1, -0.05) is 27.7 Å². The van der Waals surface area contributed by atoms with Gasteiger partial charge in [0.1, 0.15) is 11.5 Å². The lowest BCUT2D eigenvalue weighted by Gasteiger charge is -2.32. The molecule has 0 spiro atoms. The van der Waals surface area contributed by atoms with Crippen LogP contribution >= 0.6 is 0 Å². The molecule has 0 atom stereocenters. The highest BCUT2D eigenvalue weighted by atomic mass is 15.2. The minimum Gasteiger partial charge on any atom is -0.382 e. The maximum absolute atomic E-state index is 7.49. The molecule has 0 aliphatic carbocycles. The van der Waals surface area contributed by atoms with Crippen LogP contribution in [0.25, 0.3) is 0 Å². The highest BCUT2D eigenvalue weighted by molar-refractivity contribution is 5.93. The van der Waals surface area contributed by atoms with E-state index in [1.54, 1.807) is 6.20 Å². The number of nitrogen functional groups attached to an aromatic ring is 1. The molecule has 1 rings (SSSR count). The minimum atomic E-state index is 0.0322. The molecule has 112 valence electrons. The number of hydrogen-bond acceptors (Lipinski definition) is 3. The van der Waals surface area contributed by atoms with Gasteiger partial charge in [0.05, 0.1) is 0 Å². The number of amidine groups is 1. The molecule has 0 saturated carbocycles. The first kappa shape index (κ1) is 16.6. The van der Waals surface area contributed by atoms with Gasteiger partial charge in [-0.05, 0) is 36.5 Å². The molecule has 20 heavy (non-hydrogen) atoms. The quantitative estimate of drug-likeness (QED) is 0.566. The van der Waals surface area contributed by atoms with E-state index in [2.05, 4.69) is 37.6 Å². The molecule has 0 fully saturated rings. The molecule has 0 saturated heterocycles. The third-order valence-corrected chi connectivity index (χ3v) is 3.54. The lowest BCUT2D eigenvalue weighted by atomic mass is 10.1. The van der Waals surface area contributed by atoms with Crippen molar-refractivity contribution < 1.29 is 0 Å². The van der Waals surface area contributed by atoms with Crippen LogP contribution in [0.5, 0.6) is 0 Å². The molecule has 0 aromatic carbocycles. The van der Waals surface area contributed by atoms with Crippen LogP contribution < -0.4 is 5.73 Å². The van der Waals surface area contributed by atoms with Gasteiger partial charge in [0.15, 0.2) is 0 Å². The number of rotatable bonds is 8. The Balaban J connectivity index is 2.88. The van der Waals surface area contributed by atoms with Gasteiger partial charge >= 0.3 is 0 Å². The molecule has 4 heteroatoms. The van der Waals surface area contributed by atoms with Gasteiger partial charge in [-0.3, -0.25) is 15.3 Å². The van der Waals surface area contributed by atoms with Gasteiger partial charge in [-0.15, -0.1) is 0 Å². The van der Waals surface area contributed by atoms with Gasteiger partial charge in [0, 0.05) is 25.3 Å². The molecule has 1 aromatic heterocycles. The molecule has 4 nitrogen and oxygen atoms in total. The molecule has 0 unspecified atom stereocenters. The second-order valence-electron chi connectivity index (χ2n) is 5.76. The number of nitrogens with zero attached hydrogens (tertiary/aromatic N) is 2. The van der Waals surface area contributed by atoms with Crippen molar-refractivity contribution in [3.05, 3.63) is 29.6 Å². The number of nitrogens with one attached hydrogen (secondary N) is 1. The summed E-state index contributed by atoms with van der Waals surface area (Å²) in [6, 6.07) is 4.55. The smallest absolute Gasteiger partial charge is 0.141 e. The Morgan fingerprint density at radius 1 is 1.35 bits per heavy atom. The maximum atomic E-state index is 7.49. The van der Waals surface area contributed by atoms with Crippen molar-refractivity contribution in [3.8, 4) is 0 Å². The third kappa shape index (κ3) is 4.93. The standard InChI is InChI=1S/C16H28N4/c1-5-14(6-2)20(10-12(3)4)11-13-7-8-19-15(9-13)16(17)18/h7-9,12,14H,5-6,10-11H2,1-4H3,(H3,17,18). The molecule has 0 bridgehead atoms. The molecule has 1 aromatic rings. The van der Waals surface area contributed by atoms with Crippen molar-refractivity contribution in [2.45, 2.75) is 53.1 Å². The largest absolute Gasteiger partial charge is 0.382 e. The van der Waals surface area contributed by atoms with Crippen molar-refractivity contribution in [1.29, 1.82) is 5.41 Å². The van der Waals surface area contributed by atoms with Crippen LogP contribution in [-0.2, 0) is 6.54 Å². The van der Waals surface area contributed by atoms with Crippen LogP contribution in [0.2, 0.25) is 0 Å². The Bertz CT molecular complexity index is 424. The fourth-order valence-corrected chi connectivity index (χ4v) is 2.57. The van der Waals surface area contributed by atoms with Gasteiger partial charge in [0.2, 0.25) is 0 Å². The molecular formula is C16H28N4. The first-order valence-electron chi connectivity index (χ1n) is 7.51. The second-order valence-corrected chi connectivity index (χ2v) is 5.76. The summed E-state index contributed by atoms with van der Waals surface area (Å²) in [6.45, 7) is 11.0. The molecule has 0 amide bonds. The van der Waals surface area contributed by atoms with Gasteiger partial charge in [-0.2, -0.15) is 0 Å². The summed E-state index contributed by atoms with van der Waals surface area (Å²) in [7, 11) is 0. The average Bonchev–Trinajstić information content (AvgIpc) is 2.39. The van der Waals surface area contributed by atoms with Crippen LogP contribution in [0.15, 0.2) is 18.3 Å². The summed E-state index contributed by atoms with van der Waals surface area (Å²) in [5.74, 6) is 0.675. The van der Waals surface area contributed by atoms with E-state index < -0.39 is 0 Å². The van der Waals surface area contributed by atoms with Crippen molar-refractivity contribution in [2.75, 3.05) is 6.54 Å². The van der Waals surface area contributed by atoms with E-state index in [0.29, 0.717) is 17.7 Å². The van der Waals surface area contributed by atoms with E-state index >= 15 is 0 Å². The molecule has 0 aliphatic rings. The number of pyridine rings is 1. The Morgan fingerprint density at radius 3 is 2.50 bits per heavy atom. The zero-order chi connectivity index (χ0) is 15.1. The van der Waals surface area contributed by atoms with Crippen LogP contribution in [-0.4, -0.2) is 28.3 Å². The molecule has 0 aliphatic heterocycles. The lowest BCUT2D eigenvalue weighted by Crippen LogP contribution is -2.36. The Kier molecular flexibility index (Phi) is 6.65. The summed E-state index contributed by atoms with van der Waals surface area (Å²) >= 11 is 0. The van der Waals surface area contributed by atoms with Crippen LogP contribution in [0.3, 0.4) is 0 Å². The fourth-order valence-electron chi connectivity index (χ4n) is 2.57. The zero-order valence-electron chi connectivity index (χ0n) is 13.2. The summed E-state index contributed by atoms with van der Waals surface area (Å²) in [5.41, 5.74) is 7.26. The van der Waals surface area contributed by atoms with Crippen molar-refractivity contribution >= 4 is 5.84 Å². The number of hydrogen-bond donors (Lipinski definition) is 2. The van der Waals surface area contributed by atoms with E-state index in [1.165, 1.54) is 5.56 Å². The molecule has 0 radical (unpaired) electrons. The zero-order valence-corrected chi connectivity index (χ0v) is 13.2. The number of nitrogens with two attached hydrogens (primary N) is 1. The average molecular weight is 276 g/mol. The first-order chi connectivity index (χ1) is 9.47.